The van der Waals surface area contributed by atoms with Gasteiger partial charge in [-0.05, 0) is 59.5 Å². The Labute approximate surface area is 205 Å². The van der Waals surface area contributed by atoms with Crippen molar-refractivity contribution in [2.24, 2.45) is 0 Å². The molecule has 2 amide bonds. The molecule has 0 atom stereocenters. The van der Waals surface area contributed by atoms with E-state index in [1.54, 1.807) is 54.6 Å². The van der Waals surface area contributed by atoms with Gasteiger partial charge in [-0.1, -0.05) is 48.5 Å². The van der Waals surface area contributed by atoms with Crippen LogP contribution < -0.4 is 10.6 Å². The predicted octanol–water partition coefficient (Wildman–Crippen LogP) is 6.59. The molecule has 0 unspecified atom stereocenters. The Kier molecular flexibility index (Phi) is 7.91. The Morgan fingerprint density at radius 3 is 2.47 bits per heavy atom. The van der Waals surface area contributed by atoms with Crippen molar-refractivity contribution >= 4 is 46.7 Å². The highest BCUT2D eigenvalue weighted by molar-refractivity contribution is 7.98. The van der Waals surface area contributed by atoms with E-state index in [0.29, 0.717) is 22.6 Å². The third-order valence-corrected chi connectivity index (χ3v) is 6.66. The lowest BCUT2D eigenvalue weighted by Crippen LogP contribution is -2.30. The number of hydrogen-bond donors (Lipinski definition) is 2. The predicted molar refractivity (Wildman–Crippen MR) is 137 cm³/mol. The van der Waals surface area contributed by atoms with Gasteiger partial charge < -0.3 is 10.6 Å². The van der Waals surface area contributed by atoms with Crippen molar-refractivity contribution in [2.75, 3.05) is 5.32 Å². The van der Waals surface area contributed by atoms with Crippen molar-refractivity contribution in [2.45, 2.75) is 10.6 Å². The van der Waals surface area contributed by atoms with Crippen LogP contribution in [0, 0.1) is 5.82 Å². The van der Waals surface area contributed by atoms with E-state index in [0.717, 1.165) is 9.77 Å². The molecule has 1 heterocycles. The van der Waals surface area contributed by atoms with Gasteiger partial charge in [-0.2, -0.15) is 0 Å². The lowest BCUT2D eigenvalue weighted by Gasteiger charge is -2.12. The van der Waals surface area contributed by atoms with Crippen LogP contribution in [0.1, 0.15) is 20.8 Å². The molecule has 0 saturated carbocycles. The monoisotopic (exact) mass is 488 g/mol. The van der Waals surface area contributed by atoms with E-state index in [1.165, 1.54) is 29.2 Å². The van der Waals surface area contributed by atoms with Crippen LogP contribution in [-0.2, 0) is 10.5 Å². The number of carbonyl (C=O) groups excluding carboxylic acids is 2. The van der Waals surface area contributed by atoms with Gasteiger partial charge in [0.2, 0.25) is 0 Å². The van der Waals surface area contributed by atoms with Crippen LogP contribution >= 0.6 is 23.1 Å². The number of rotatable bonds is 8. The SMILES string of the molecule is O=C(Nc1cccc(SCc2ccccc2F)c1)/C(=C\c1cccs1)NC(=O)c1ccccc1. The molecule has 4 rings (SSSR count). The average molecular weight is 489 g/mol. The molecule has 170 valence electrons. The minimum Gasteiger partial charge on any atom is -0.321 e. The van der Waals surface area contributed by atoms with Crippen LogP contribution in [0.2, 0.25) is 0 Å². The normalized spacial score (nSPS) is 11.1. The van der Waals surface area contributed by atoms with Crippen molar-refractivity contribution in [1.82, 2.24) is 5.32 Å². The average Bonchev–Trinajstić information content (AvgIpc) is 3.37. The standard InChI is InChI=1S/C27H21FN2O2S2/c28-24-14-5-4-10-20(24)18-34-22-12-6-11-21(16-22)29-27(32)25(17-23-13-7-15-33-23)30-26(31)19-8-2-1-3-9-19/h1-17H,18H2,(H,29,32)(H,30,31)/b25-17+. The quantitative estimate of drug-likeness (QED) is 0.217. The lowest BCUT2D eigenvalue weighted by atomic mass is 10.2. The van der Waals surface area contributed by atoms with Gasteiger partial charge in [-0.15, -0.1) is 23.1 Å². The van der Waals surface area contributed by atoms with Crippen LogP contribution in [-0.4, -0.2) is 11.8 Å². The minimum atomic E-state index is -0.436. The van der Waals surface area contributed by atoms with E-state index < -0.39 is 5.91 Å². The molecule has 0 saturated heterocycles. The Morgan fingerprint density at radius 2 is 1.71 bits per heavy atom. The summed E-state index contributed by atoms with van der Waals surface area (Å²) in [6, 6.07) is 26.5. The van der Waals surface area contributed by atoms with E-state index in [2.05, 4.69) is 10.6 Å². The van der Waals surface area contributed by atoms with E-state index in [9.17, 15) is 14.0 Å². The fraction of sp³-hybridized carbons (Fsp3) is 0.0370. The minimum absolute atomic E-state index is 0.140. The summed E-state index contributed by atoms with van der Waals surface area (Å²) in [5.74, 6) is -0.570. The zero-order chi connectivity index (χ0) is 23.8. The fourth-order valence-corrected chi connectivity index (χ4v) is 4.70. The Bertz CT molecular complexity index is 1310. The highest BCUT2D eigenvalue weighted by Gasteiger charge is 2.15. The summed E-state index contributed by atoms with van der Waals surface area (Å²) >= 11 is 2.94. The number of thiophene rings is 1. The molecule has 3 aromatic carbocycles. The maximum atomic E-state index is 13.9. The summed E-state index contributed by atoms with van der Waals surface area (Å²) in [4.78, 5) is 27.5. The first-order valence-corrected chi connectivity index (χ1v) is 12.3. The highest BCUT2D eigenvalue weighted by atomic mass is 32.2. The number of benzene rings is 3. The van der Waals surface area contributed by atoms with Crippen molar-refractivity contribution in [3.05, 3.63) is 124 Å². The number of anilines is 1. The van der Waals surface area contributed by atoms with E-state index >= 15 is 0 Å². The molecule has 0 radical (unpaired) electrons. The fourth-order valence-electron chi connectivity index (χ4n) is 3.10. The molecule has 0 aliphatic rings. The molecular weight excluding hydrogens is 467 g/mol. The molecule has 34 heavy (non-hydrogen) atoms. The summed E-state index contributed by atoms with van der Waals surface area (Å²) in [6.07, 6.45) is 1.65. The number of thioether (sulfide) groups is 1. The third-order valence-electron chi connectivity index (χ3n) is 4.80. The van der Waals surface area contributed by atoms with E-state index in [1.807, 2.05) is 41.8 Å². The van der Waals surface area contributed by atoms with Gasteiger partial charge in [0, 0.05) is 26.8 Å². The Morgan fingerprint density at radius 1 is 0.912 bits per heavy atom. The second-order valence-electron chi connectivity index (χ2n) is 7.26. The van der Waals surface area contributed by atoms with Crippen LogP contribution in [0.15, 0.2) is 107 Å². The van der Waals surface area contributed by atoms with Crippen LogP contribution in [0.3, 0.4) is 0 Å². The van der Waals surface area contributed by atoms with Gasteiger partial charge in [-0.25, -0.2) is 4.39 Å². The van der Waals surface area contributed by atoms with Crippen LogP contribution in [0.5, 0.6) is 0 Å². The number of nitrogens with one attached hydrogen (secondary N) is 2. The molecule has 0 spiro atoms. The Hall–Kier alpha value is -3.68. The first kappa shape index (κ1) is 23.5. The molecule has 4 aromatic rings. The maximum Gasteiger partial charge on any atom is 0.272 e. The second-order valence-corrected chi connectivity index (χ2v) is 9.28. The van der Waals surface area contributed by atoms with Crippen molar-refractivity contribution in [3.8, 4) is 0 Å². The first-order valence-electron chi connectivity index (χ1n) is 10.5. The molecule has 7 heteroatoms. The van der Waals surface area contributed by atoms with Gasteiger partial charge in [0.05, 0.1) is 0 Å². The van der Waals surface area contributed by atoms with Crippen molar-refractivity contribution in [1.29, 1.82) is 0 Å². The van der Waals surface area contributed by atoms with E-state index in [-0.39, 0.29) is 17.4 Å². The smallest absolute Gasteiger partial charge is 0.272 e. The van der Waals surface area contributed by atoms with Crippen LogP contribution in [0.4, 0.5) is 10.1 Å². The van der Waals surface area contributed by atoms with Gasteiger partial charge in [0.25, 0.3) is 11.8 Å². The largest absolute Gasteiger partial charge is 0.321 e. The molecule has 2 N–H and O–H groups in total. The molecule has 0 fully saturated rings. The van der Waals surface area contributed by atoms with Crippen LogP contribution in [0.25, 0.3) is 6.08 Å². The van der Waals surface area contributed by atoms with Gasteiger partial charge in [-0.3, -0.25) is 9.59 Å². The van der Waals surface area contributed by atoms with Gasteiger partial charge in [0.15, 0.2) is 0 Å². The first-order chi connectivity index (χ1) is 16.6. The summed E-state index contributed by atoms with van der Waals surface area (Å²) in [6.45, 7) is 0. The summed E-state index contributed by atoms with van der Waals surface area (Å²) in [7, 11) is 0. The van der Waals surface area contributed by atoms with Crippen molar-refractivity contribution in [3.63, 3.8) is 0 Å². The summed E-state index contributed by atoms with van der Waals surface area (Å²) < 4.78 is 13.9. The third kappa shape index (κ3) is 6.43. The lowest BCUT2D eigenvalue weighted by molar-refractivity contribution is -0.113. The summed E-state index contributed by atoms with van der Waals surface area (Å²) in [5, 5.41) is 7.48. The molecule has 1 aromatic heterocycles. The second kappa shape index (κ2) is 11.4. The number of carbonyl (C=O) groups is 2. The Balaban J connectivity index is 1.48. The number of hydrogen-bond acceptors (Lipinski definition) is 4. The maximum absolute atomic E-state index is 13.9. The highest BCUT2D eigenvalue weighted by Crippen LogP contribution is 2.26. The van der Waals surface area contributed by atoms with E-state index in [4.69, 9.17) is 0 Å². The molecule has 0 aliphatic carbocycles. The molecular formula is C27H21FN2O2S2. The topological polar surface area (TPSA) is 58.2 Å². The number of halogens is 1. The summed E-state index contributed by atoms with van der Waals surface area (Å²) in [5.41, 5.74) is 1.79. The van der Waals surface area contributed by atoms with Crippen molar-refractivity contribution < 1.29 is 14.0 Å². The molecule has 4 nitrogen and oxygen atoms in total. The van der Waals surface area contributed by atoms with Gasteiger partial charge in [0.1, 0.15) is 11.5 Å². The zero-order valence-electron chi connectivity index (χ0n) is 18.0. The van der Waals surface area contributed by atoms with Gasteiger partial charge >= 0.3 is 0 Å². The molecule has 0 bridgehead atoms. The molecule has 0 aliphatic heterocycles. The number of amides is 2. The zero-order valence-corrected chi connectivity index (χ0v) is 19.7.